The number of carboxylic acids is 1. The number of rotatable bonds is 6. The van der Waals surface area contributed by atoms with Gasteiger partial charge in [-0.1, -0.05) is 37.3 Å². The molecule has 0 fully saturated rings. The summed E-state index contributed by atoms with van der Waals surface area (Å²) in [6.45, 7) is 5.00. The molecule has 0 aromatic heterocycles. The predicted molar refractivity (Wildman–Crippen MR) is 77.1 cm³/mol. The number of nitrogens with two attached hydrogens (primary N) is 1. The molecule has 0 heterocycles. The maximum Gasteiger partial charge on any atom is 0.323 e. The number of carbonyl (C=O) groups is 2. The molecule has 5 nitrogen and oxygen atoms in total. The van der Waals surface area contributed by atoms with Crippen molar-refractivity contribution in [2.75, 3.05) is 6.54 Å². The van der Waals surface area contributed by atoms with E-state index in [-0.39, 0.29) is 18.5 Å². The molecule has 2 unspecified atom stereocenters. The third-order valence-corrected chi connectivity index (χ3v) is 3.51. The van der Waals surface area contributed by atoms with Gasteiger partial charge in [-0.25, -0.2) is 0 Å². The Labute approximate surface area is 119 Å². The Morgan fingerprint density at radius 1 is 1.35 bits per heavy atom. The predicted octanol–water partition coefficient (Wildman–Crippen LogP) is 1.57. The van der Waals surface area contributed by atoms with Crippen LogP contribution in [0.5, 0.6) is 0 Å². The van der Waals surface area contributed by atoms with Crippen molar-refractivity contribution in [2.45, 2.75) is 38.8 Å². The zero-order chi connectivity index (χ0) is 15.3. The van der Waals surface area contributed by atoms with Crippen molar-refractivity contribution in [3.05, 3.63) is 35.9 Å². The van der Waals surface area contributed by atoms with Gasteiger partial charge < -0.3 is 15.7 Å². The fourth-order valence-electron chi connectivity index (χ4n) is 2.00. The summed E-state index contributed by atoms with van der Waals surface area (Å²) in [6.07, 6.45) is 0.671. The molecule has 0 aliphatic heterocycles. The lowest BCUT2D eigenvalue weighted by Gasteiger charge is -2.34. The molecule has 0 radical (unpaired) electrons. The van der Waals surface area contributed by atoms with Crippen LogP contribution >= 0.6 is 0 Å². The number of hydrogen-bond donors (Lipinski definition) is 2. The van der Waals surface area contributed by atoms with E-state index in [2.05, 4.69) is 0 Å². The van der Waals surface area contributed by atoms with E-state index in [0.29, 0.717) is 12.0 Å². The zero-order valence-corrected chi connectivity index (χ0v) is 12.2. The Balaban J connectivity index is 3.07. The largest absolute Gasteiger partial charge is 0.480 e. The molecule has 5 heteroatoms. The summed E-state index contributed by atoms with van der Waals surface area (Å²) >= 11 is 0. The maximum atomic E-state index is 12.6. The summed E-state index contributed by atoms with van der Waals surface area (Å²) in [4.78, 5) is 24.9. The summed E-state index contributed by atoms with van der Waals surface area (Å²) in [5.41, 5.74) is 5.60. The van der Waals surface area contributed by atoms with E-state index in [1.165, 1.54) is 4.90 Å². The molecule has 1 aromatic rings. The zero-order valence-electron chi connectivity index (χ0n) is 12.2. The van der Waals surface area contributed by atoms with Gasteiger partial charge in [-0.3, -0.25) is 9.59 Å². The lowest BCUT2D eigenvalue weighted by atomic mass is 9.91. The van der Waals surface area contributed by atoms with Crippen LogP contribution in [-0.2, 0) is 15.1 Å². The van der Waals surface area contributed by atoms with Gasteiger partial charge in [-0.15, -0.1) is 0 Å². The number of amides is 1. The van der Waals surface area contributed by atoms with E-state index >= 15 is 0 Å². The van der Waals surface area contributed by atoms with Crippen molar-refractivity contribution in [3.63, 3.8) is 0 Å². The number of benzene rings is 1. The number of aliphatic carboxylic acids is 1. The third kappa shape index (κ3) is 3.57. The molecule has 0 aliphatic rings. The van der Waals surface area contributed by atoms with Crippen molar-refractivity contribution >= 4 is 11.9 Å². The minimum Gasteiger partial charge on any atom is -0.480 e. The molecule has 0 saturated heterocycles. The monoisotopic (exact) mass is 278 g/mol. The first-order valence-corrected chi connectivity index (χ1v) is 6.68. The summed E-state index contributed by atoms with van der Waals surface area (Å²) in [6, 6.07) is 8.82. The van der Waals surface area contributed by atoms with Gasteiger partial charge in [-0.05, 0) is 25.8 Å². The second-order valence-electron chi connectivity index (χ2n) is 5.15. The molecule has 0 bridgehead atoms. The van der Waals surface area contributed by atoms with E-state index in [0.717, 1.165) is 0 Å². The number of nitrogens with zero attached hydrogens (tertiary/aromatic N) is 1. The van der Waals surface area contributed by atoms with Crippen LogP contribution in [0.25, 0.3) is 0 Å². The highest BCUT2D eigenvalue weighted by atomic mass is 16.4. The Bertz CT molecular complexity index is 471. The second kappa shape index (κ2) is 6.52. The molecule has 3 N–H and O–H groups in total. The van der Waals surface area contributed by atoms with Crippen LogP contribution in [0.2, 0.25) is 0 Å². The standard InChI is InChI=1S/C15H22N2O3/c1-4-11(2)17(10-13(18)19)14(20)15(3,16)12-8-6-5-7-9-12/h5-9,11H,4,10,16H2,1-3H3,(H,18,19). The normalized spacial score (nSPS) is 15.2. The summed E-state index contributed by atoms with van der Waals surface area (Å²) in [5, 5.41) is 8.98. The van der Waals surface area contributed by atoms with Gasteiger partial charge in [0.2, 0.25) is 5.91 Å². The van der Waals surface area contributed by atoms with Crippen LogP contribution in [0.4, 0.5) is 0 Å². The fraction of sp³-hybridized carbons (Fsp3) is 0.467. The highest BCUT2D eigenvalue weighted by molar-refractivity contribution is 5.89. The van der Waals surface area contributed by atoms with Crippen LogP contribution in [-0.4, -0.2) is 34.5 Å². The minimum absolute atomic E-state index is 0.176. The quantitative estimate of drug-likeness (QED) is 0.827. The molecular formula is C15H22N2O3. The first kappa shape index (κ1) is 16.2. The van der Waals surface area contributed by atoms with Gasteiger partial charge in [0.25, 0.3) is 0 Å². The minimum atomic E-state index is -1.24. The average Bonchev–Trinajstić information content (AvgIpc) is 2.43. The molecule has 0 spiro atoms. The molecule has 1 aromatic carbocycles. The molecular weight excluding hydrogens is 256 g/mol. The smallest absolute Gasteiger partial charge is 0.323 e. The summed E-state index contributed by atoms with van der Waals surface area (Å²) in [5.74, 6) is -1.41. The van der Waals surface area contributed by atoms with Gasteiger partial charge in [0.05, 0.1) is 0 Å². The van der Waals surface area contributed by atoms with E-state index < -0.39 is 11.5 Å². The Morgan fingerprint density at radius 3 is 2.35 bits per heavy atom. The summed E-state index contributed by atoms with van der Waals surface area (Å²) < 4.78 is 0. The van der Waals surface area contributed by atoms with Crippen molar-refractivity contribution in [1.82, 2.24) is 4.90 Å². The fourth-order valence-corrected chi connectivity index (χ4v) is 2.00. The van der Waals surface area contributed by atoms with Crippen molar-refractivity contribution in [2.24, 2.45) is 5.73 Å². The number of hydrogen-bond acceptors (Lipinski definition) is 3. The molecule has 1 rings (SSSR count). The van der Waals surface area contributed by atoms with Gasteiger partial charge in [0.1, 0.15) is 12.1 Å². The molecule has 1 amide bonds. The first-order chi connectivity index (χ1) is 9.30. The number of carboxylic acid groups (broad SMARTS) is 1. The van der Waals surface area contributed by atoms with Gasteiger partial charge in [0.15, 0.2) is 0 Å². The highest BCUT2D eigenvalue weighted by Crippen LogP contribution is 2.22. The number of carbonyl (C=O) groups excluding carboxylic acids is 1. The SMILES string of the molecule is CCC(C)N(CC(=O)O)C(=O)C(C)(N)c1ccccc1. The Morgan fingerprint density at radius 2 is 1.90 bits per heavy atom. The van der Waals surface area contributed by atoms with Crippen LogP contribution in [0.1, 0.15) is 32.8 Å². The first-order valence-electron chi connectivity index (χ1n) is 6.68. The van der Waals surface area contributed by atoms with E-state index in [9.17, 15) is 9.59 Å². The molecule has 2 atom stereocenters. The molecule has 20 heavy (non-hydrogen) atoms. The van der Waals surface area contributed by atoms with Crippen LogP contribution < -0.4 is 5.73 Å². The van der Waals surface area contributed by atoms with E-state index in [1.54, 1.807) is 31.2 Å². The molecule has 0 saturated carbocycles. The van der Waals surface area contributed by atoms with Crippen molar-refractivity contribution < 1.29 is 14.7 Å². The van der Waals surface area contributed by atoms with Crippen molar-refractivity contribution in [1.29, 1.82) is 0 Å². The second-order valence-corrected chi connectivity index (χ2v) is 5.15. The average molecular weight is 278 g/mol. The van der Waals surface area contributed by atoms with Crippen LogP contribution in [0, 0.1) is 0 Å². The van der Waals surface area contributed by atoms with Gasteiger partial charge in [-0.2, -0.15) is 0 Å². The van der Waals surface area contributed by atoms with Gasteiger partial charge in [0, 0.05) is 6.04 Å². The topological polar surface area (TPSA) is 83.6 Å². The molecule has 110 valence electrons. The molecule has 0 aliphatic carbocycles. The maximum absolute atomic E-state index is 12.6. The summed E-state index contributed by atoms with van der Waals surface area (Å²) in [7, 11) is 0. The van der Waals surface area contributed by atoms with Crippen LogP contribution in [0.15, 0.2) is 30.3 Å². The van der Waals surface area contributed by atoms with E-state index in [1.807, 2.05) is 19.9 Å². The lowest BCUT2D eigenvalue weighted by Crippen LogP contribution is -2.54. The van der Waals surface area contributed by atoms with Gasteiger partial charge >= 0.3 is 5.97 Å². The third-order valence-electron chi connectivity index (χ3n) is 3.51. The lowest BCUT2D eigenvalue weighted by molar-refractivity contribution is -0.148. The highest BCUT2D eigenvalue weighted by Gasteiger charge is 2.36. The Hall–Kier alpha value is -1.88. The van der Waals surface area contributed by atoms with Crippen LogP contribution in [0.3, 0.4) is 0 Å². The van der Waals surface area contributed by atoms with E-state index in [4.69, 9.17) is 10.8 Å². The Kier molecular flexibility index (Phi) is 5.27. The van der Waals surface area contributed by atoms with Crippen molar-refractivity contribution in [3.8, 4) is 0 Å².